The van der Waals surface area contributed by atoms with Crippen LogP contribution in [0.3, 0.4) is 0 Å². The molecule has 2 heterocycles. The lowest BCUT2D eigenvalue weighted by Crippen LogP contribution is -2.65. The van der Waals surface area contributed by atoms with Crippen molar-refractivity contribution in [3.63, 3.8) is 0 Å². The van der Waals surface area contributed by atoms with Crippen LogP contribution >= 0.6 is 0 Å². The van der Waals surface area contributed by atoms with Gasteiger partial charge in [-0.05, 0) is 70.6 Å². The molecule has 0 aromatic heterocycles. The number of aliphatic hydroxyl groups is 8. The molecule has 0 bridgehead atoms. The Morgan fingerprint density at radius 2 is 0.972 bits per heavy atom. The van der Waals surface area contributed by atoms with E-state index in [1.54, 1.807) is 6.08 Å². The molecule has 2 fully saturated rings. The van der Waals surface area contributed by atoms with Crippen LogP contribution in [0.15, 0.2) is 85.1 Å². The molecule has 12 atom stereocenters. The third-order valence-corrected chi connectivity index (χ3v) is 12.8. The van der Waals surface area contributed by atoms with Crippen LogP contribution in [0.5, 0.6) is 0 Å². The average molecular weight is 1000 g/mol. The predicted molar refractivity (Wildman–Crippen MR) is 281 cm³/mol. The van der Waals surface area contributed by atoms with E-state index < -0.39 is 86.8 Å². The molecule has 14 heteroatoms. The number of nitrogens with one attached hydrogen (secondary N) is 1. The van der Waals surface area contributed by atoms with Gasteiger partial charge in [0.25, 0.3) is 0 Å². The molecule has 0 aliphatic carbocycles. The van der Waals surface area contributed by atoms with Crippen molar-refractivity contribution in [2.24, 2.45) is 0 Å². The van der Waals surface area contributed by atoms with E-state index in [0.29, 0.717) is 6.42 Å². The van der Waals surface area contributed by atoms with Gasteiger partial charge in [-0.1, -0.05) is 182 Å². The Morgan fingerprint density at radius 1 is 0.521 bits per heavy atom. The number of rotatable bonds is 41. The number of carbonyl (C=O) groups is 1. The Bertz CT molecular complexity index is 1510. The van der Waals surface area contributed by atoms with Gasteiger partial charge in [0.15, 0.2) is 12.6 Å². The third kappa shape index (κ3) is 29.0. The van der Waals surface area contributed by atoms with E-state index in [1.807, 2.05) is 6.08 Å². The molecular formula is C57H97NO13. The highest BCUT2D eigenvalue weighted by atomic mass is 16.7. The molecule has 0 spiro atoms. The van der Waals surface area contributed by atoms with E-state index in [4.69, 9.17) is 18.9 Å². The predicted octanol–water partition coefficient (Wildman–Crippen LogP) is 8.16. The van der Waals surface area contributed by atoms with Gasteiger partial charge < -0.3 is 65.1 Å². The van der Waals surface area contributed by atoms with Crippen LogP contribution in [0.4, 0.5) is 0 Å². The minimum absolute atomic E-state index is 0.252. The fourth-order valence-corrected chi connectivity index (χ4v) is 8.41. The Hall–Kier alpha value is -2.83. The number of ether oxygens (including phenoxy) is 4. The van der Waals surface area contributed by atoms with Crippen LogP contribution < -0.4 is 5.32 Å². The minimum Gasteiger partial charge on any atom is -0.394 e. The van der Waals surface area contributed by atoms with Crippen molar-refractivity contribution in [3.05, 3.63) is 85.1 Å². The van der Waals surface area contributed by atoms with Crippen LogP contribution in [0, 0.1) is 0 Å². The van der Waals surface area contributed by atoms with E-state index in [2.05, 4.69) is 92.1 Å². The van der Waals surface area contributed by atoms with E-state index in [0.717, 1.165) is 96.3 Å². The monoisotopic (exact) mass is 1000 g/mol. The van der Waals surface area contributed by atoms with Crippen molar-refractivity contribution >= 4 is 5.91 Å². The summed E-state index contributed by atoms with van der Waals surface area (Å²) in [5.74, 6) is -0.252. The Morgan fingerprint density at radius 3 is 1.49 bits per heavy atom. The number of hydrogen-bond donors (Lipinski definition) is 9. The normalized spacial score (nSPS) is 26.5. The second-order valence-electron chi connectivity index (χ2n) is 19.0. The SMILES string of the molecule is CC/C=C\C/C=C\C/C=C\C/C=C\C/C=C\C/C=C\CCCCCCCCCCCCCCC(=O)NC(COC1OC(CO)C(OC2OC(CO)C(O)C(O)C2O)C(O)C1O)C(O)/C=C/CCCCCC. The molecule has 2 rings (SSSR count). The Kier molecular flexibility index (Phi) is 38.5. The van der Waals surface area contributed by atoms with E-state index in [1.165, 1.54) is 51.4 Å². The van der Waals surface area contributed by atoms with Crippen LogP contribution in [0.1, 0.15) is 174 Å². The van der Waals surface area contributed by atoms with Crippen LogP contribution in [-0.4, -0.2) is 140 Å². The highest BCUT2D eigenvalue weighted by Gasteiger charge is 2.51. The van der Waals surface area contributed by atoms with E-state index in [-0.39, 0.29) is 18.9 Å². The number of hydrogen-bond acceptors (Lipinski definition) is 13. The van der Waals surface area contributed by atoms with Gasteiger partial charge in [0.05, 0.1) is 32.0 Å². The standard InChI is InChI=1S/C57H97NO13/c1-3-5-7-9-11-12-13-14-15-16-17-18-19-20-21-22-23-24-25-26-27-28-29-30-31-32-33-34-35-37-39-41-49(62)58-45(46(61)40-38-36-10-8-6-4-2)44-68-56-54(67)52(65)55(48(43-60)70-56)71-57-53(66)51(64)50(63)47(42-59)69-57/h5,7,11-12,14-15,17-18,20-21,23-24,38,40,45-48,50-57,59-61,63-67H,3-4,6,8-10,13,16,19,22,25-37,39,41-44H2,1-2H3,(H,58,62)/b7-5-,12-11-,15-14-,18-17-,21-20-,24-23-,40-38+. The molecule has 2 aliphatic heterocycles. The first-order valence-corrected chi connectivity index (χ1v) is 27.3. The van der Waals surface area contributed by atoms with Crippen molar-refractivity contribution < 1.29 is 64.6 Å². The number of allylic oxidation sites excluding steroid dienone is 13. The van der Waals surface area contributed by atoms with Gasteiger partial charge in [-0.25, -0.2) is 0 Å². The zero-order valence-electron chi connectivity index (χ0n) is 43.4. The highest BCUT2D eigenvalue weighted by molar-refractivity contribution is 5.76. The van der Waals surface area contributed by atoms with Crippen molar-refractivity contribution in [1.29, 1.82) is 0 Å². The van der Waals surface area contributed by atoms with E-state index >= 15 is 0 Å². The molecule has 0 saturated carbocycles. The summed E-state index contributed by atoms with van der Waals surface area (Å²) in [6.07, 6.45) is 39.7. The largest absolute Gasteiger partial charge is 0.394 e. The Balaban J connectivity index is 1.62. The third-order valence-electron chi connectivity index (χ3n) is 12.8. The van der Waals surface area contributed by atoms with Gasteiger partial charge >= 0.3 is 0 Å². The summed E-state index contributed by atoms with van der Waals surface area (Å²) in [6, 6.07) is -0.916. The summed E-state index contributed by atoms with van der Waals surface area (Å²) in [5.41, 5.74) is 0. The van der Waals surface area contributed by atoms with Gasteiger partial charge in [-0.2, -0.15) is 0 Å². The minimum atomic E-state index is -1.79. The molecule has 71 heavy (non-hydrogen) atoms. The fraction of sp³-hybridized carbons (Fsp3) is 0.737. The first-order valence-electron chi connectivity index (χ1n) is 27.3. The maximum absolute atomic E-state index is 13.1. The molecule has 0 aromatic carbocycles. The average Bonchev–Trinajstić information content (AvgIpc) is 3.37. The summed E-state index contributed by atoms with van der Waals surface area (Å²) < 4.78 is 22.6. The molecule has 1 amide bonds. The zero-order chi connectivity index (χ0) is 51.7. The smallest absolute Gasteiger partial charge is 0.220 e. The first-order chi connectivity index (χ1) is 34.6. The summed E-state index contributed by atoms with van der Waals surface area (Å²) in [7, 11) is 0. The lowest BCUT2D eigenvalue weighted by Gasteiger charge is -2.46. The van der Waals surface area contributed by atoms with Crippen molar-refractivity contribution in [2.75, 3.05) is 19.8 Å². The summed E-state index contributed by atoms with van der Waals surface area (Å²) in [5, 5.41) is 86.4. The highest BCUT2D eigenvalue weighted by Crippen LogP contribution is 2.30. The number of carbonyl (C=O) groups excluding carboxylic acids is 1. The van der Waals surface area contributed by atoms with E-state index in [9.17, 15) is 45.6 Å². The molecular weight excluding hydrogens is 907 g/mol. The van der Waals surface area contributed by atoms with Gasteiger partial charge in [-0.3, -0.25) is 4.79 Å². The van der Waals surface area contributed by atoms with Gasteiger partial charge in [0, 0.05) is 6.42 Å². The van der Waals surface area contributed by atoms with Gasteiger partial charge in [0.2, 0.25) is 5.91 Å². The fourth-order valence-electron chi connectivity index (χ4n) is 8.41. The van der Waals surface area contributed by atoms with Crippen molar-refractivity contribution in [1.82, 2.24) is 5.32 Å². The number of unbranched alkanes of at least 4 members (excludes halogenated alkanes) is 16. The Labute approximate surface area is 427 Å². The first kappa shape index (κ1) is 64.3. The molecule has 2 aliphatic rings. The van der Waals surface area contributed by atoms with Crippen LogP contribution in [0.25, 0.3) is 0 Å². The number of amides is 1. The van der Waals surface area contributed by atoms with Crippen molar-refractivity contribution in [2.45, 2.75) is 248 Å². The lowest BCUT2D eigenvalue weighted by molar-refractivity contribution is -0.359. The lowest BCUT2D eigenvalue weighted by atomic mass is 9.97. The quantitative estimate of drug-likeness (QED) is 0.0208. The molecule has 9 N–H and O–H groups in total. The number of aliphatic hydroxyl groups excluding tert-OH is 8. The zero-order valence-corrected chi connectivity index (χ0v) is 43.4. The molecule has 0 aromatic rings. The van der Waals surface area contributed by atoms with Crippen molar-refractivity contribution in [3.8, 4) is 0 Å². The molecule has 12 unspecified atom stereocenters. The second-order valence-corrected chi connectivity index (χ2v) is 19.0. The summed E-state index contributed by atoms with van der Waals surface area (Å²) in [6.45, 7) is 2.56. The maximum Gasteiger partial charge on any atom is 0.220 e. The van der Waals surface area contributed by atoms with Crippen LogP contribution in [0.2, 0.25) is 0 Å². The second kappa shape index (κ2) is 42.5. The van der Waals surface area contributed by atoms with Gasteiger partial charge in [-0.15, -0.1) is 0 Å². The molecule has 408 valence electrons. The summed E-state index contributed by atoms with van der Waals surface area (Å²) >= 11 is 0. The van der Waals surface area contributed by atoms with Gasteiger partial charge in [0.1, 0.15) is 48.8 Å². The summed E-state index contributed by atoms with van der Waals surface area (Å²) in [4.78, 5) is 13.1. The molecule has 0 radical (unpaired) electrons. The van der Waals surface area contributed by atoms with Crippen LogP contribution in [-0.2, 0) is 23.7 Å². The molecule has 14 nitrogen and oxygen atoms in total. The maximum atomic E-state index is 13.1. The topological polar surface area (TPSA) is 228 Å². The molecule has 2 saturated heterocycles.